The summed E-state index contributed by atoms with van der Waals surface area (Å²) in [5.74, 6) is -0.745. The molecule has 1 N–H and O–H groups in total. The van der Waals surface area contributed by atoms with Crippen molar-refractivity contribution >= 4 is 32.9 Å². The first-order chi connectivity index (χ1) is 9.02. The lowest BCUT2D eigenvalue weighted by Gasteiger charge is -1.96. The van der Waals surface area contributed by atoms with Crippen molar-refractivity contribution in [3.05, 3.63) is 42.5 Å². The molecule has 0 amide bonds. The number of benzene rings is 2. The zero-order valence-electron chi connectivity index (χ0n) is 10.3. The van der Waals surface area contributed by atoms with Crippen molar-refractivity contribution in [3.63, 3.8) is 0 Å². The van der Waals surface area contributed by atoms with Gasteiger partial charge in [0.2, 0.25) is 0 Å². The third-order valence-corrected chi connectivity index (χ3v) is 2.58. The average molecular weight is 279 g/mol. The molecule has 0 spiro atoms. The second-order valence-corrected chi connectivity index (χ2v) is 4.20. The molecule has 2 aromatic rings. The number of carboxylic acids is 1. The van der Waals surface area contributed by atoms with E-state index in [9.17, 15) is 13.2 Å². The van der Waals surface area contributed by atoms with Gasteiger partial charge in [-0.2, -0.15) is 8.42 Å². The van der Waals surface area contributed by atoms with Crippen molar-refractivity contribution in [2.45, 2.75) is 13.3 Å². The maximum atomic E-state index is 10.3. The Morgan fingerprint density at radius 3 is 2.26 bits per heavy atom. The Labute approximate surface area is 112 Å². The fourth-order valence-corrected chi connectivity index (χ4v) is 1.61. The molecule has 6 heteroatoms. The van der Waals surface area contributed by atoms with Crippen LogP contribution in [-0.4, -0.2) is 19.5 Å². The van der Waals surface area contributed by atoms with Gasteiger partial charge in [0.1, 0.15) is 0 Å². The minimum Gasteiger partial charge on any atom is -0.481 e. The first kappa shape index (κ1) is 14.8. The largest absolute Gasteiger partial charge is 0.481 e. The second kappa shape index (κ2) is 7.27. The van der Waals surface area contributed by atoms with Crippen LogP contribution in [0.15, 0.2) is 46.8 Å². The summed E-state index contributed by atoms with van der Waals surface area (Å²) in [6.45, 7) is 1.60. The van der Waals surface area contributed by atoms with E-state index in [1.54, 1.807) is 19.1 Å². The summed E-state index contributed by atoms with van der Waals surface area (Å²) < 4.78 is 24.1. The number of carboxylic acid groups (broad SMARTS) is 1. The predicted molar refractivity (Wildman–Crippen MR) is 72.9 cm³/mol. The van der Waals surface area contributed by atoms with Crippen LogP contribution in [-0.2, 0) is 15.3 Å². The molecule has 0 aliphatic carbocycles. The highest BCUT2D eigenvalue weighted by molar-refractivity contribution is 7.61. The van der Waals surface area contributed by atoms with E-state index in [0.29, 0.717) is 5.69 Å². The van der Waals surface area contributed by atoms with Gasteiger partial charge in [0.05, 0.1) is 5.69 Å². The van der Waals surface area contributed by atoms with Crippen LogP contribution in [0.2, 0.25) is 0 Å². The van der Waals surface area contributed by atoms with E-state index in [1.807, 2.05) is 30.3 Å². The molecule has 0 aliphatic heterocycles. The molecule has 0 unspecified atom stereocenters. The van der Waals surface area contributed by atoms with Crippen LogP contribution < -0.4 is 0 Å². The fraction of sp³-hybridized carbons (Fsp3) is 0.154. The van der Waals surface area contributed by atoms with Crippen LogP contribution in [0.4, 0.5) is 5.69 Å². The molecule has 5 nitrogen and oxygen atoms in total. The molecule has 0 aliphatic rings. The van der Waals surface area contributed by atoms with Gasteiger partial charge in [0.25, 0.3) is 0 Å². The maximum absolute atomic E-state index is 10.3. The zero-order valence-corrected chi connectivity index (χ0v) is 11.1. The van der Waals surface area contributed by atoms with Crippen molar-refractivity contribution in [1.29, 1.82) is 0 Å². The first-order valence-corrected chi connectivity index (χ1v) is 6.58. The summed E-state index contributed by atoms with van der Waals surface area (Å²) in [4.78, 5) is 9.37. The number of rotatable bonds is 2. The number of nitrogens with zero attached hydrogens (tertiary/aromatic N) is 1. The molecular weight excluding hydrogens is 266 g/mol. The number of hydrogen-bond donors (Lipinski definition) is 1. The van der Waals surface area contributed by atoms with Crippen molar-refractivity contribution in [2.75, 3.05) is 0 Å². The number of carbonyl (C=O) groups is 1. The number of aliphatic carboxylic acids is 1. The van der Waals surface area contributed by atoms with Crippen molar-refractivity contribution in [1.82, 2.24) is 0 Å². The summed E-state index contributed by atoms with van der Waals surface area (Å²) >= 11 is 0. The van der Waals surface area contributed by atoms with Gasteiger partial charge in [-0.05, 0) is 22.9 Å². The van der Waals surface area contributed by atoms with Gasteiger partial charge in [-0.3, -0.25) is 4.79 Å². The molecule has 0 saturated carbocycles. The van der Waals surface area contributed by atoms with E-state index in [0.717, 1.165) is 10.8 Å². The zero-order chi connectivity index (χ0) is 14.3. The summed E-state index contributed by atoms with van der Waals surface area (Å²) in [6.07, 6.45) is 0.222. The average Bonchev–Trinajstić information content (AvgIpc) is 2.38. The standard InChI is InChI=1S/C10H7NO2S.C3H6O2/c12-14(13)11-10-6-5-8-3-1-2-4-9(8)7-10;1-2-3(4)5/h1-7H;2H2,1H3,(H,4,5). The van der Waals surface area contributed by atoms with Gasteiger partial charge in [-0.25, -0.2) is 0 Å². The molecule has 0 atom stereocenters. The van der Waals surface area contributed by atoms with Gasteiger partial charge in [0.15, 0.2) is 0 Å². The molecule has 0 bridgehead atoms. The van der Waals surface area contributed by atoms with Crippen molar-refractivity contribution in [3.8, 4) is 0 Å². The monoisotopic (exact) mass is 279 g/mol. The Bertz CT molecular complexity index is 699. The van der Waals surface area contributed by atoms with E-state index in [1.165, 1.54) is 0 Å². The van der Waals surface area contributed by atoms with Crippen LogP contribution in [0.5, 0.6) is 0 Å². The third-order valence-electron chi connectivity index (χ3n) is 2.22. The van der Waals surface area contributed by atoms with Gasteiger partial charge in [-0.1, -0.05) is 37.3 Å². The molecule has 19 heavy (non-hydrogen) atoms. The molecule has 2 rings (SSSR count). The highest BCUT2D eigenvalue weighted by Crippen LogP contribution is 2.20. The van der Waals surface area contributed by atoms with Crippen molar-refractivity contribution in [2.24, 2.45) is 4.36 Å². The number of hydrogen-bond acceptors (Lipinski definition) is 4. The molecule has 0 fully saturated rings. The van der Waals surface area contributed by atoms with Crippen LogP contribution in [0, 0.1) is 0 Å². The quantitative estimate of drug-likeness (QED) is 0.915. The minimum atomic E-state index is -2.38. The smallest absolute Gasteiger partial charge is 0.316 e. The van der Waals surface area contributed by atoms with E-state index < -0.39 is 16.5 Å². The van der Waals surface area contributed by atoms with Gasteiger partial charge < -0.3 is 5.11 Å². The Balaban J connectivity index is 0.000000312. The summed E-state index contributed by atoms with van der Waals surface area (Å²) in [7, 11) is -2.38. The predicted octanol–water partition coefficient (Wildman–Crippen LogP) is 3.02. The molecular formula is C13H13NO4S. The highest BCUT2D eigenvalue weighted by Gasteiger charge is 1.93. The van der Waals surface area contributed by atoms with E-state index >= 15 is 0 Å². The van der Waals surface area contributed by atoms with Crippen LogP contribution in [0.1, 0.15) is 13.3 Å². The van der Waals surface area contributed by atoms with Crippen LogP contribution in [0.3, 0.4) is 0 Å². The summed E-state index contributed by atoms with van der Waals surface area (Å²) in [5, 5.41) is 9.78. The normalized spacial score (nSPS) is 9.32. The van der Waals surface area contributed by atoms with Crippen LogP contribution >= 0.6 is 0 Å². The SMILES string of the molecule is CCC(=O)O.O=S(=O)=Nc1ccc2ccccc2c1. The second-order valence-electron chi connectivity index (χ2n) is 3.59. The molecule has 0 aromatic heterocycles. The summed E-state index contributed by atoms with van der Waals surface area (Å²) in [5.41, 5.74) is 0.456. The molecule has 0 heterocycles. The lowest BCUT2D eigenvalue weighted by Crippen LogP contribution is -1.86. The number of fused-ring (bicyclic) bond motifs is 1. The Morgan fingerprint density at radius 1 is 1.16 bits per heavy atom. The molecule has 2 aromatic carbocycles. The van der Waals surface area contributed by atoms with Gasteiger partial charge in [0, 0.05) is 6.42 Å². The molecule has 0 radical (unpaired) electrons. The first-order valence-electron chi connectivity index (χ1n) is 5.54. The minimum absolute atomic E-state index is 0.222. The Morgan fingerprint density at radius 2 is 1.74 bits per heavy atom. The highest BCUT2D eigenvalue weighted by atomic mass is 32.2. The lowest BCUT2D eigenvalue weighted by molar-refractivity contribution is -0.136. The van der Waals surface area contributed by atoms with Crippen LogP contribution in [0.25, 0.3) is 10.8 Å². The lowest BCUT2D eigenvalue weighted by atomic mass is 10.1. The van der Waals surface area contributed by atoms with E-state index in [-0.39, 0.29) is 6.42 Å². The molecule has 100 valence electrons. The fourth-order valence-electron chi connectivity index (χ4n) is 1.32. The third kappa shape index (κ3) is 5.31. The Hall–Kier alpha value is -2.21. The summed E-state index contributed by atoms with van der Waals surface area (Å²) in [6, 6.07) is 13.0. The van der Waals surface area contributed by atoms with Gasteiger partial charge >= 0.3 is 16.5 Å². The van der Waals surface area contributed by atoms with E-state index in [4.69, 9.17) is 5.11 Å². The van der Waals surface area contributed by atoms with Gasteiger partial charge in [-0.15, -0.1) is 4.36 Å². The maximum Gasteiger partial charge on any atom is 0.316 e. The van der Waals surface area contributed by atoms with E-state index in [2.05, 4.69) is 4.36 Å². The topological polar surface area (TPSA) is 83.8 Å². The van der Waals surface area contributed by atoms with Crippen molar-refractivity contribution < 1.29 is 18.3 Å². The Kier molecular flexibility index (Phi) is 5.69. The molecule has 0 saturated heterocycles.